The largest absolute Gasteiger partial charge is 0.344 e. The van der Waals surface area contributed by atoms with E-state index in [4.69, 9.17) is 32.7 Å². The van der Waals surface area contributed by atoms with E-state index < -0.39 is 5.79 Å². The van der Waals surface area contributed by atoms with E-state index in [1.54, 1.807) is 0 Å². The van der Waals surface area contributed by atoms with Crippen LogP contribution in [0.25, 0.3) is 0 Å². The Hall–Kier alpha value is -3.12. The third-order valence-electron chi connectivity index (χ3n) is 6.58. The van der Waals surface area contributed by atoms with E-state index >= 15 is 0 Å². The van der Waals surface area contributed by atoms with Crippen molar-refractivity contribution in [1.29, 1.82) is 0 Å². The first-order valence-electron chi connectivity index (χ1n) is 12.4. The van der Waals surface area contributed by atoms with E-state index in [1.165, 1.54) is 14.2 Å². The van der Waals surface area contributed by atoms with Gasteiger partial charge in [0, 0.05) is 36.5 Å². The van der Waals surface area contributed by atoms with Crippen LogP contribution in [-0.4, -0.2) is 32.6 Å². The number of ether oxygens (including phenoxy) is 2. The van der Waals surface area contributed by atoms with Gasteiger partial charge in [0.15, 0.2) is 12.6 Å². The summed E-state index contributed by atoms with van der Waals surface area (Å²) < 4.78 is 11.2. The zero-order valence-electron chi connectivity index (χ0n) is 23.5. The first kappa shape index (κ1) is 30.4. The molecule has 0 bridgehead atoms. The fourth-order valence-corrected chi connectivity index (χ4v) is 4.89. The number of halogens is 2. The smallest absolute Gasteiger partial charge is 0.246 e. The molecular weight excluding hydrogens is 531 g/mol. The summed E-state index contributed by atoms with van der Waals surface area (Å²) in [6.45, 7) is 12.4. The molecule has 0 atom stereocenters. The minimum absolute atomic E-state index is 0.118. The van der Waals surface area contributed by atoms with Crippen molar-refractivity contribution in [1.82, 2.24) is 0 Å². The van der Waals surface area contributed by atoms with Crippen LogP contribution in [0.3, 0.4) is 0 Å². The Kier molecular flexibility index (Phi) is 9.01. The first-order valence-corrected chi connectivity index (χ1v) is 13.1. The highest BCUT2D eigenvalue weighted by molar-refractivity contribution is 6.38. The van der Waals surface area contributed by atoms with E-state index in [-0.39, 0.29) is 20.9 Å². The van der Waals surface area contributed by atoms with E-state index in [9.17, 15) is 9.59 Å². The van der Waals surface area contributed by atoms with Crippen LogP contribution in [0.2, 0.25) is 0 Å². The normalized spacial score (nSPS) is 14.9. The summed E-state index contributed by atoms with van der Waals surface area (Å²) in [5.74, 6) is 10.6. The van der Waals surface area contributed by atoms with Crippen LogP contribution in [0.4, 0.5) is 0 Å². The lowest BCUT2D eigenvalue weighted by atomic mass is 9.85. The second-order valence-electron chi connectivity index (χ2n) is 11.2. The number of hydrogen-bond acceptors (Lipinski definition) is 4. The molecule has 4 nitrogen and oxygen atoms in total. The molecule has 1 aliphatic rings. The summed E-state index contributed by atoms with van der Waals surface area (Å²) >= 11 is 13.5. The van der Waals surface area contributed by atoms with Crippen LogP contribution in [0.15, 0.2) is 57.6 Å². The molecule has 0 amide bonds. The van der Waals surface area contributed by atoms with Crippen LogP contribution in [0.1, 0.15) is 84.5 Å². The number of carbonyl (C=O) groups is 2. The molecule has 1 aliphatic carbocycles. The molecule has 0 heterocycles. The molecule has 0 radical (unpaired) electrons. The van der Waals surface area contributed by atoms with Crippen molar-refractivity contribution in [3.05, 3.63) is 91.0 Å². The quantitative estimate of drug-likeness (QED) is 0.223. The highest BCUT2D eigenvalue weighted by Gasteiger charge is 2.47. The van der Waals surface area contributed by atoms with Crippen LogP contribution in [0.5, 0.6) is 0 Å². The summed E-state index contributed by atoms with van der Waals surface area (Å²) in [5, 5.41) is 0.235. The molecule has 0 fully saturated rings. The number of hydrogen-bond donors (Lipinski definition) is 0. The second kappa shape index (κ2) is 11.5. The number of carbonyl (C=O) groups excluding carboxylic acids is 2. The third-order valence-corrected chi connectivity index (χ3v) is 7.45. The molecule has 0 N–H and O–H groups in total. The van der Waals surface area contributed by atoms with Gasteiger partial charge in [-0.3, -0.25) is 9.59 Å². The Balaban J connectivity index is 2.17. The van der Waals surface area contributed by atoms with E-state index in [0.717, 1.165) is 23.7 Å². The molecule has 3 rings (SSSR count). The van der Waals surface area contributed by atoms with Crippen LogP contribution < -0.4 is 0 Å². The first-order chi connectivity index (χ1) is 18.2. The number of aldehydes is 2. The van der Waals surface area contributed by atoms with E-state index in [2.05, 4.69) is 65.2 Å². The predicted molar refractivity (Wildman–Crippen MR) is 157 cm³/mol. The molecule has 0 saturated heterocycles. The molecule has 2 aromatic rings. The maximum atomic E-state index is 11.9. The minimum atomic E-state index is -1.57. The predicted octanol–water partition coefficient (Wildman–Crippen LogP) is 7.30. The lowest BCUT2D eigenvalue weighted by molar-refractivity contribution is -0.138. The van der Waals surface area contributed by atoms with Gasteiger partial charge in [0.25, 0.3) is 0 Å². The highest BCUT2D eigenvalue weighted by atomic mass is 35.5. The molecule has 0 saturated carbocycles. The monoisotopic (exact) mass is 562 g/mol. The SMILES string of the molecule is COC1(OC)C(Cl)=C(C#Cc2ccc(C(C)(C)C)cc2C=O)C(C#Cc2ccc(C(C)(C)C)cc2C=O)=C1Cl. The Morgan fingerprint density at radius 3 is 1.31 bits per heavy atom. The molecule has 2 aromatic carbocycles. The van der Waals surface area contributed by atoms with Crippen LogP contribution in [-0.2, 0) is 20.3 Å². The van der Waals surface area contributed by atoms with Crippen molar-refractivity contribution >= 4 is 35.8 Å². The average molecular weight is 564 g/mol. The van der Waals surface area contributed by atoms with Gasteiger partial charge < -0.3 is 9.47 Å². The molecule has 0 aliphatic heterocycles. The standard InChI is InChI=1S/C33H32Cl2O4/c1-31(2,3)25-13-9-21(23(17-25)19-36)11-15-27-28(30(35)33(38-7,39-8)29(27)34)16-12-22-10-14-26(32(4,5)6)18-24(22)20-37/h9-10,13-14,17-20H,1-8H3. The fourth-order valence-electron chi connectivity index (χ4n) is 4.06. The van der Waals surface area contributed by atoms with Crippen molar-refractivity contribution in [3.8, 4) is 23.7 Å². The van der Waals surface area contributed by atoms with Gasteiger partial charge in [0.2, 0.25) is 5.79 Å². The van der Waals surface area contributed by atoms with Gasteiger partial charge in [0.1, 0.15) is 0 Å². The Morgan fingerprint density at radius 2 is 1.03 bits per heavy atom. The average Bonchev–Trinajstić information content (AvgIpc) is 3.09. The summed E-state index contributed by atoms with van der Waals surface area (Å²) in [6.07, 6.45) is 1.56. The summed E-state index contributed by atoms with van der Waals surface area (Å²) in [7, 11) is 2.84. The molecule has 6 heteroatoms. The van der Waals surface area contributed by atoms with Gasteiger partial charge in [-0.1, -0.05) is 101 Å². The second-order valence-corrected chi connectivity index (χ2v) is 12.0. The number of rotatable bonds is 4. The topological polar surface area (TPSA) is 52.6 Å². The molecular formula is C33H32Cl2O4. The molecule has 39 heavy (non-hydrogen) atoms. The maximum absolute atomic E-state index is 11.9. The number of allylic oxidation sites excluding steroid dienone is 2. The van der Waals surface area contributed by atoms with E-state index in [0.29, 0.717) is 33.4 Å². The Labute approximate surface area is 241 Å². The van der Waals surface area contributed by atoms with Gasteiger partial charge >= 0.3 is 0 Å². The van der Waals surface area contributed by atoms with Crippen molar-refractivity contribution < 1.29 is 19.1 Å². The minimum Gasteiger partial charge on any atom is -0.344 e. The van der Waals surface area contributed by atoms with Crippen molar-refractivity contribution in [2.75, 3.05) is 14.2 Å². The molecule has 202 valence electrons. The molecule has 0 unspecified atom stereocenters. The number of methoxy groups -OCH3 is 2. The lowest BCUT2D eigenvalue weighted by Gasteiger charge is -2.26. The summed E-state index contributed by atoms with van der Waals surface area (Å²) in [4.78, 5) is 23.7. The van der Waals surface area contributed by atoms with Crippen LogP contribution >= 0.6 is 23.2 Å². The van der Waals surface area contributed by atoms with Gasteiger partial charge in [-0.15, -0.1) is 0 Å². The lowest BCUT2D eigenvalue weighted by Crippen LogP contribution is -2.33. The molecule has 0 aromatic heterocycles. The summed E-state index contributed by atoms with van der Waals surface area (Å²) in [5.41, 5.74) is 4.41. The summed E-state index contributed by atoms with van der Waals surface area (Å²) in [6, 6.07) is 11.2. The van der Waals surface area contributed by atoms with E-state index in [1.807, 2.05) is 36.4 Å². The maximum Gasteiger partial charge on any atom is 0.246 e. The Morgan fingerprint density at radius 1 is 0.667 bits per heavy atom. The zero-order chi connectivity index (χ0) is 29.2. The van der Waals surface area contributed by atoms with Gasteiger partial charge in [-0.05, 0) is 46.2 Å². The third kappa shape index (κ3) is 6.06. The number of benzene rings is 2. The van der Waals surface area contributed by atoms with Gasteiger partial charge in [-0.25, -0.2) is 0 Å². The fraction of sp³-hybridized carbons (Fsp3) is 0.333. The van der Waals surface area contributed by atoms with Crippen molar-refractivity contribution in [2.45, 2.75) is 58.2 Å². The van der Waals surface area contributed by atoms with Gasteiger partial charge in [-0.2, -0.15) is 0 Å². The van der Waals surface area contributed by atoms with Crippen molar-refractivity contribution in [3.63, 3.8) is 0 Å². The molecule has 0 spiro atoms. The van der Waals surface area contributed by atoms with Crippen LogP contribution in [0, 0.1) is 23.7 Å². The zero-order valence-corrected chi connectivity index (χ0v) is 25.0. The van der Waals surface area contributed by atoms with Gasteiger partial charge in [0.05, 0.1) is 21.2 Å². The van der Waals surface area contributed by atoms with Crippen molar-refractivity contribution in [2.24, 2.45) is 0 Å². The highest BCUT2D eigenvalue weighted by Crippen LogP contribution is 2.47. The Bertz CT molecular complexity index is 1390.